The molecule has 0 atom stereocenters. The van der Waals surface area contributed by atoms with Crippen molar-refractivity contribution in [2.75, 3.05) is 5.75 Å². The summed E-state index contributed by atoms with van der Waals surface area (Å²) in [5.74, 6) is 0.782. The smallest absolute Gasteiger partial charge is 0.195 e. The van der Waals surface area contributed by atoms with Gasteiger partial charge in [0.2, 0.25) is 0 Å². The molecule has 0 spiro atoms. The van der Waals surface area contributed by atoms with Gasteiger partial charge in [-0.2, -0.15) is 0 Å². The van der Waals surface area contributed by atoms with Gasteiger partial charge in [0.1, 0.15) is 5.75 Å². The van der Waals surface area contributed by atoms with E-state index >= 15 is 0 Å². The summed E-state index contributed by atoms with van der Waals surface area (Å²) < 4.78 is 29.4. The first-order chi connectivity index (χ1) is 9.03. The van der Waals surface area contributed by atoms with Gasteiger partial charge >= 0.3 is 0 Å². The van der Waals surface area contributed by atoms with E-state index in [1.807, 2.05) is 0 Å². The molecule has 1 aromatic rings. The maximum atomic E-state index is 11.8. The number of aryl methyl sites for hydroxylation is 1. The third-order valence-corrected chi connectivity index (χ3v) is 5.18. The molecular weight excluding hydrogens is 262 g/mol. The normalized spacial score (nSPS) is 17.4. The molecule has 19 heavy (non-hydrogen) atoms. The van der Waals surface area contributed by atoms with Crippen molar-refractivity contribution in [1.82, 2.24) is 4.98 Å². The number of aromatic nitrogens is 1. The van der Waals surface area contributed by atoms with Crippen molar-refractivity contribution in [2.24, 2.45) is 0 Å². The molecule has 0 unspecified atom stereocenters. The predicted molar refractivity (Wildman–Crippen MR) is 74.2 cm³/mol. The quantitative estimate of drug-likeness (QED) is 0.852. The lowest BCUT2D eigenvalue weighted by Crippen LogP contribution is -2.20. The largest absolute Gasteiger partial charge is 0.489 e. The maximum absolute atomic E-state index is 11.8. The molecule has 0 aliphatic heterocycles. The fourth-order valence-electron chi connectivity index (χ4n) is 2.33. The van der Waals surface area contributed by atoms with Crippen LogP contribution in [0.3, 0.4) is 0 Å². The molecule has 0 N–H and O–H groups in total. The Hall–Kier alpha value is -1.10. The molecule has 1 aromatic heterocycles. The second-order valence-corrected chi connectivity index (χ2v) is 7.24. The van der Waals surface area contributed by atoms with Crippen LogP contribution in [0.2, 0.25) is 0 Å². The highest BCUT2D eigenvalue weighted by Gasteiger charge is 2.18. The number of nitrogens with zero attached hydrogens (tertiary/aromatic N) is 1. The van der Waals surface area contributed by atoms with Crippen molar-refractivity contribution in [3.63, 3.8) is 0 Å². The fourth-order valence-corrected chi connectivity index (χ4v) is 3.18. The Morgan fingerprint density at radius 2 is 1.95 bits per heavy atom. The summed E-state index contributed by atoms with van der Waals surface area (Å²) in [4.78, 5) is 4.17. The Kier molecular flexibility index (Phi) is 4.45. The van der Waals surface area contributed by atoms with Crippen LogP contribution in [0.5, 0.6) is 5.75 Å². The minimum absolute atomic E-state index is 0.0717. The second kappa shape index (κ2) is 5.90. The molecule has 4 nitrogen and oxygen atoms in total. The lowest BCUT2D eigenvalue weighted by Gasteiger charge is -2.23. The molecule has 106 valence electrons. The van der Waals surface area contributed by atoms with E-state index in [0.717, 1.165) is 12.8 Å². The van der Waals surface area contributed by atoms with Crippen LogP contribution < -0.4 is 4.74 Å². The number of hydrogen-bond donors (Lipinski definition) is 0. The summed E-state index contributed by atoms with van der Waals surface area (Å²) in [5, 5.41) is 0.142. The highest BCUT2D eigenvalue weighted by molar-refractivity contribution is 7.91. The summed E-state index contributed by atoms with van der Waals surface area (Å²) in [6, 6.07) is 3.28. The van der Waals surface area contributed by atoms with Gasteiger partial charge in [0.25, 0.3) is 0 Å². The standard InChI is InChI=1S/C14H21NO3S/c1-3-19(16,17)14-10-9-13(11(2)15-14)18-12-7-5-4-6-8-12/h9-10,12H,3-8H2,1-2H3. The van der Waals surface area contributed by atoms with Crippen molar-refractivity contribution in [2.45, 2.75) is 57.1 Å². The molecule has 1 heterocycles. The van der Waals surface area contributed by atoms with Crippen LogP contribution in [0.25, 0.3) is 0 Å². The Morgan fingerprint density at radius 3 is 2.53 bits per heavy atom. The van der Waals surface area contributed by atoms with E-state index in [-0.39, 0.29) is 16.9 Å². The lowest BCUT2D eigenvalue weighted by molar-refractivity contribution is 0.153. The van der Waals surface area contributed by atoms with Gasteiger partial charge in [0, 0.05) is 0 Å². The molecule has 1 aliphatic carbocycles. The van der Waals surface area contributed by atoms with E-state index < -0.39 is 9.84 Å². The first-order valence-corrected chi connectivity index (χ1v) is 8.55. The summed E-state index contributed by atoms with van der Waals surface area (Å²) in [7, 11) is -3.24. The highest BCUT2D eigenvalue weighted by Crippen LogP contribution is 2.25. The monoisotopic (exact) mass is 283 g/mol. The third-order valence-electron chi connectivity index (χ3n) is 3.56. The average molecular weight is 283 g/mol. The van der Waals surface area contributed by atoms with E-state index in [1.54, 1.807) is 26.0 Å². The number of pyridine rings is 1. The van der Waals surface area contributed by atoms with Crippen molar-refractivity contribution in [3.05, 3.63) is 17.8 Å². The maximum Gasteiger partial charge on any atom is 0.195 e. The molecule has 5 heteroatoms. The topological polar surface area (TPSA) is 56.3 Å². The van der Waals surface area contributed by atoms with Gasteiger partial charge in [0.05, 0.1) is 17.6 Å². The van der Waals surface area contributed by atoms with E-state index in [4.69, 9.17) is 4.74 Å². The number of hydrogen-bond acceptors (Lipinski definition) is 4. The molecule has 0 radical (unpaired) electrons. The van der Waals surface area contributed by atoms with Gasteiger partial charge in [-0.3, -0.25) is 0 Å². The van der Waals surface area contributed by atoms with Gasteiger partial charge in [0.15, 0.2) is 14.9 Å². The second-order valence-electron chi connectivity index (χ2n) is 5.01. The number of ether oxygens (including phenoxy) is 1. The number of sulfone groups is 1. The van der Waals surface area contributed by atoms with Gasteiger partial charge in [-0.05, 0) is 44.7 Å². The molecular formula is C14H21NO3S. The van der Waals surface area contributed by atoms with Crippen LogP contribution in [0, 0.1) is 6.92 Å². The molecule has 1 saturated carbocycles. The Morgan fingerprint density at radius 1 is 1.26 bits per heavy atom. The molecule has 0 aromatic carbocycles. The Bertz CT molecular complexity index is 534. The first-order valence-electron chi connectivity index (χ1n) is 6.90. The molecule has 0 bridgehead atoms. The summed E-state index contributed by atoms with van der Waals surface area (Å²) in [6.07, 6.45) is 6.11. The fraction of sp³-hybridized carbons (Fsp3) is 0.643. The minimum atomic E-state index is -3.24. The molecule has 0 saturated heterocycles. The molecule has 1 aliphatic rings. The SMILES string of the molecule is CCS(=O)(=O)c1ccc(OC2CCCCC2)c(C)n1. The van der Waals surface area contributed by atoms with E-state index in [1.165, 1.54) is 19.3 Å². The summed E-state index contributed by atoms with van der Waals surface area (Å²) in [6.45, 7) is 3.42. The molecule has 2 rings (SSSR count). The van der Waals surface area contributed by atoms with Crippen molar-refractivity contribution in [1.29, 1.82) is 0 Å². The lowest BCUT2D eigenvalue weighted by atomic mass is 9.98. The Labute approximate surface area is 115 Å². The number of rotatable bonds is 4. The zero-order chi connectivity index (χ0) is 13.9. The van der Waals surface area contributed by atoms with E-state index in [9.17, 15) is 8.42 Å². The van der Waals surface area contributed by atoms with E-state index in [2.05, 4.69) is 4.98 Å². The molecule has 1 fully saturated rings. The summed E-state index contributed by atoms with van der Waals surface area (Å²) in [5.41, 5.74) is 0.653. The summed E-state index contributed by atoms with van der Waals surface area (Å²) >= 11 is 0. The van der Waals surface area contributed by atoms with Crippen LogP contribution in [0.15, 0.2) is 17.2 Å². The van der Waals surface area contributed by atoms with Crippen molar-refractivity contribution < 1.29 is 13.2 Å². The van der Waals surface area contributed by atoms with Crippen LogP contribution in [-0.2, 0) is 9.84 Å². The predicted octanol–water partition coefficient (Wildman–Crippen LogP) is 2.90. The van der Waals surface area contributed by atoms with Crippen molar-refractivity contribution in [3.8, 4) is 5.75 Å². The van der Waals surface area contributed by atoms with Gasteiger partial charge in [-0.25, -0.2) is 13.4 Å². The zero-order valence-corrected chi connectivity index (χ0v) is 12.4. The van der Waals surface area contributed by atoms with Crippen LogP contribution in [0.4, 0.5) is 0 Å². The van der Waals surface area contributed by atoms with Crippen LogP contribution >= 0.6 is 0 Å². The molecule has 0 amide bonds. The van der Waals surface area contributed by atoms with Crippen LogP contribution in [-0.4, -0.2) is 25.3 Å². The zero-order valence-electron chi connectivity index (χ0n) is 11.6. The van der Waals surface area contributed by atoms with Gasteiger partial charge < -0.3 is 4.74 Å². The third kappa shape index (κ3) is 3.47. The van der Waals surface area contributed by atoms with Crippen molar-refractivity contribution >= 4 is 9.84 Å². The van der Waals surface area contributed by atoms with Gasteiger partial charge in [-0.1, -0.05) is 13.3 Å². The van der Waals surface area contributed by atoms with Gasteiger partial charge in [-0.15, -0.1) is 0 Å². The van der Waals surface area contributed by atoms with E-state index in [0.29, 0.717) is 11.4 Å². The first kappa shape index (κ1) is 14.3. The average Bonchev–Trinajstić information content (AvgIpc) is 2.42. The highest BCUT2D eigenvalue weighted by atomic mass is 32.2. The van der Waals surface area contributed by atoms with Crippen LogP contribution in [0.1, 0.15) is 44.7 Å². The minimum Gasteiger partial charge on any atom is -0.489 e. The Balaban J connectivity index is 2.15.